The molecule has 0 aliphatic carbocycles. The second-order valence-electron chi connectivity index (χ2n) is 12.9. The van der Waals surface area contributed by atoms with Crippen molar-refractivity contribution in [2.75, 3.05) is 31.1 Å². The zero-order chi connectivity index (χ0) is 34.3. The van der Waals surface area contributed by atoms with Gasteiger partial charge < -0.3 is 15.5 Å². The summed E-state index contributed by atoms with van der Waals surface area (Å²) in [6, 6.07) is 24.0. The zero-order valence-corrected chi connectivity index (χ0v) is 27.7. The molecule has 2 aromatic carbocycles. The van der Waals surface area contributed by atoms with Crippen molar-refractivity contribution in [3.05, 3.63) is 126 Å². The van der Waals surface area contributed by atoms with Crippen molar-refractivity contribution in [3.63, 3.8) is 0 Å². The van der Waals surface area contributed by atoms with Crippen molar-refractivity contribution < 1.29 is 14.0 Å². The van der Waals surface area contributed by atoms with Gasteiger partial charge in [-0.1, -0.05) is 30.3 Å². The zero-order valence-electron chi connectivity index (χ0n) is 27.7. The number of halogens is 1. The first kappa shape index (κ1) is 33.0. The van der Waals surface area contributed by atoms with E-state index in [2.05, 4.69) is 47.7 Å². The summed E-state index contributed by atoms with van der Waals surface area (Å²) in [7, 11) is 0. The topological polar surface area (TPSA) is 116 Å². The Balaban J connectivity index is 0.851. The van der Waals surface area contributed by atoms with Gasteiger partial charge in [0.2, 0.25) is 0 Å². The number of likely N-dealkylation sites (tertiary alicyclic amines) is 1. The predicted octanol–water partition coefficient (Wildman–Crippen LogP) is 5.53. The summed E-state index contributed by atoms with van der Waals surface area (Å²) < 4.78 is 15.2. The van der Waals surface area contributed by atoms with E-state index in [1.807, 2.05) is 42.6 Å². The summed E-state index contributed by atoms with van der Waals surface area (Å²) in [4.78, 5) is 39.6. The fourth-order valence-corrected chi connectivity index (χ4v) is 6.70. The first-order chi connectivity index (χ1) is 24.5. The van der Waals surface area contributed by atoms with Crippen LogP contribution in [0.2, 0.25) is 0 Å². The minimum Gasteiger partial charge on any atom is -0.356 e. The molecule has 0 radical (unpaired) electrons. The van der Waals surface area contributed by atoms with E-state index in [-0.39, 0.29) is 29.1 Å². The van der Waals surface area contributed by atoms with Crippen LogP contribution in [0.4, 0.5) is 10.2 Å². The maximum absolute atomic E-state index is 15.2. The highest BCUT2D eigenvalue weighted by atomic mass is 19.1. The molecule has 50 heavy (non-hydrogen) atoms. The first-order valence-electron chi connectivity index (χ1n) is 17.1. The van der Waals surface area contributed by atoms with Gasteiger partial charge in [-0.15, -0.1) is 0 Å². The standard InChI is InChI=1S/C39H39FN8O2/c40-37-33(35-10-4-18-43-46-35)8-2-9-34(37)39(50)45-31-13-19-47(20-14-31)26-27-11-12-36(42-24-27)48-21-15-32(16-22-48)44-38(49)29-6-1-5-28(23-29)30-7-3-17-41-25-30/h1-12,17-18,23-25,31-32H,13-16,19-22,26H2,(H,44,49)(H,45,50). The van der Waals surface area contributed by atoms with Gasteiger partial charge in [-0.3, -0.25) is 19.5 Å². The third-order valence-electron chi connectivity index (χ3n) is 9.50. The largest absolute Gasteiger partial charge is 0.356 e. The fourth-order valence-electron chi connectivity index (χ4n) is 6.70. The monoisotopic (exact) mass is 670 g/mol. The van der Waals surface area contributed by atoms with E-state index < -0.39 is 11.7 Å². The number of carbonyl (C=O) groups is 2. The van der Waals surface area contributed by atoms with Gasteiger partial charge in [0.1, 0.15) is 11.6 Å². The predicted molar refractivity (Wildman–Crippen MR) is 190 cm³/mol. The second kappa shape index (κ2) is 15.3. The van der Waals surface area contributed by atoms with Gasteiger partial charge >= 0.3 is 0 Å². The molecule has 2 aliphatic heterocycles. The number of anilines is 1. The Hall–Kier alpha value is -5.55. The molecular formula is C39H39FN8O2. The Labute approximate surface area is 290 Å². The van der Waals surface area contributed by atoms with Crippen molar-refractivity contribution >= 4 is 17.6 Å². The van der Waals surface area contributed by atoms with Gasteiger partial charge in [-0.2, -0.15) is 10.2 Å². The molecule has 10 nitrogen and oxygen atoms in total. The van der Waals surface area contributed by atoms with Gasteiger partial charge in [0.05, 0.1) is 11.3 Å². The molecule has 0 spiro atoms. The molecule has 7 rings (SSSR count). The molecule has 2 N–H and O–H groups in total. The van der Waals surface area contributed by atoms with Crippen LogP contribution < -0.4 is 15.5 Å². The maximum atomic E-state index is 15.2. The van der Waals surface area contributed by atoms with Crippen LogP contribution in [0.15, 0.2) is 104 Å². The fraction of sp³-hybridized carbons (Fsp3) is 0.282. The van der Waals surface area contributed by atoms with Crippen LogP contribution in [0.25, 0.3) is 22.4 Å². The van der Waals surface area contributed by atoms with Crippen LogP contribution in [-0.2, 0) is 6.54 Å². The van der Waals surface area contributed by atoms with Crippen LogP contribution in [-0.4, -0.2) is 75.1 Å². The highest BCUT2D eigenvalue weighted by molar-refractivity contribution is 5.96. The number of hydrogen-bond donors (Lipinski definition) is 2. The molecule has 2 amide bonds. The lowest BCUT2D eigenvalue weighted by Crippen LogP contribution is -2.45. The Morgan fingerprint density at radius 3 is 2.22 bits per heavy atom. The SMILES string of the molecule is O=C(NC1CCN(c2ccc(CN3CCC(NC(=O)c4cccc(-c5cccnn5)c4F)CC3)cn2)CC1)c1cccc(-c2cccnc2)c1. The third kappa shape index (κ3) is 7.84. The number of rotatable bonds is 9. The van der Waals surface area contributed by atoms with E-state index in [4.69, 9.17) is 4.98 Å². The van der Waals surface area contributed by atoms with Crippen molar-refractivity contribution in [1.29, 1.82) is 0 Å². The number of pyridine rings is 2. The molecule has 0 unspecified atom stereocenters. The molecule has 3 aromatic heterocycles. The number of nitrogens with zero attached hydrogens (tertiary/aromatic N) is 6. The van der Waals surface area contributed by atoms with Gasteiger partial charge in [0.25, 0.3) is 11.8 Å². The Morgan fingerprint density at radius 2 is 1.50 bits per heavy atom. The average molecular weight is 671 g/mol. The van der Waals surface area contributed by atoms with Gasteiger partial charge in [0, 0.05) is 86.3 Å². The summed E-state index contributed by atoms with van der Waals surface area (Å²) in [5.74, 6) is -0.111. The number of benzene rings is 2. The van der Waals surface area contributed by atoms with Crippen molar-refractivity contribution in [1.82, 2.24) is 35.7 Å². The lowest BCUT2D eigenvalue weighted by atomic mass is 10.0. The second-order valence-corrected chi connectivity index (χ2v) is 12.9. The number of nitrogens with one attached hydrogen (secondary N) is 2. The van der Waals surface area contributed by atoms with Gasteiger partial charge in [-0.05, 0) is 85.3 Å². The van der Waals surface area contributed by atoms with E-state index >= 15 is 4.39 Å². The molecular weight excluding hydrogens is 631 g/mol. The van der Waals surface area contributed by atoms with E-state index in [9.17, 15) is 9.59 Å². The van der Waals surface area contributed by atoms with Crippen LogP contribution in [0.5, 0.6) is 0 Å². The molecule has 0 saturated carbocycles. The smallest absolute Gasteiger partial charge is 0.254 e. The molecule has 2 aliphatic rings. The number of piperidine rings is 2. The van der Waals surface area contributed by atoms with E-state index in [0.29, 0.717) is 11.3 Å². The maximum Gasteiger partial charge on any atom is 0.254 e. The Morgan fingerprint density at radius 1 is 0.760 bits per heavy atom. The number of carbonyl (C=O) groups excluding carboxylic acids is 2. The van der Waals surface area contributed by atoms with E-state index in [1.165, 1.54) is 12.3 Å². The van der Waals surface area contributed by atoms with Crippen LogP contribution >= 0.6 is 0 Å². The van der Waals surface area contributed by atoms with Crippen molar-refractivity contribution in [2.45, 2.75) is 44.3 Å². The highest BCUT2D eigenvalue weighted by Gasteiger charge is 2.25. The average Bonchev–Trinajstić information content (AvgIpc) is 3.17. The highest BCUT2D eigenvalue weighted by Crippen LogP contribution is 2.25. The molecule has 0 bridgehead atoms. The Bertz CT molecular complexity index is 1910. The van der Waals surface area contributed by atoms with Crippen molar-refractivity contribution in [3.8, 4) is 22.4 Å². The molecule has 5 heterocycles. The van der Waals surface area contributed by atoms with Crippen LogP contribution in [0.1, 0.15) is 52.0 Å². The molecule has 2 saturated heterocycles. The lowest BCUT2D eigenvalue weighted by molar-refractivity contribution is 0.0902. The summed E-state index contributed by atoms with van der Waals surface area (Å²) in [6.07, 6.45) is 10.3. The molecule has 5 aromatic rings. The minimum absolute atomic E-state index is 0.0127. The quantitative estimate of drug-likeness (QED) is 0.210. The summed E-state index contributed by atoms with van der Waals surface area (Å²) in [5, 5.41) is 14.0. The van der Waals surface area contributed by atoms with E-state index in [0.717, 1.165) is 80.9 Å². The number of hydrogen-bond acceptors (Lipinski definition) is 8. The third-order valence-corrected chi connectivity index (χ3v) is 9.50. The summed E-state index contributed by atoms with van der Waals surface area (Å²) in [5.41, 5.74) is 4.40. The molecule has 11 heteroatoms. The Kier molecular flexibility index (Phi) is 10.1. The normalized spacial score (nSPS) is 15.8. The number of aromatic nitrogens is 4. The molecule has 254 valence electrons. The number of amides is 2. The first-order valence-corrected chi connectivity index (χ1v) is 17.1. The van der Waals surface area contributed by atoms with E-state index in [1.54, 1.807) is 36.7 Å². The molecule has 0 atom stereocenters. The van der Waals surface area contributed by atoms with Crippen LogP contribution in [0, 0.1) is 5.82 Å². The van der Waals surface area contributed by atoms with Crippen LogP contribution in [0.3, 0.4) is 0 Å². The molecule has 2 fully saturated rings. The minimum atomic E-state index is -0.589. The van der Waals surface area contributed by atoms with Gasteiger partial charge in [0.15, 0.2) is 0 Å². The van der Waals surface area contributed by atoms with Crippen molar-refractivity contribution in [2.24, 2.45) is 0 Å². The summed E-state index contributed by atoms with van der Waals surface area (Å²) in [6.45, 7) is 4.06. The lowest BCUT2D eigenvalue weighted by Gasteiger charge is -2.34. The summed E-state index contributed by atoms with van der Waals surface area (Å²) >= 11 is 0. The van der Waals surface area contributed by atoms with Gasteiger partial charge in [-0.25, -0.2) is 9.37 Å².